The average Bonchev–Trinajstić information content (AvgIpc) is 3.68. The lowest BCUT2D eigenvalue weighted by Gasteiger charge is -2.63. The van der Waals surface area contributed by atoms with Gasteiger partial charge in [-0.1, -0.05) is 73.6 Å². The fraction of sp³-hybridized carbons (Fsp3) is 0.733. The Morgan fingerprint density at radius 2 is 1.66 bits per heavy atom. The zero-order valence-corrected chi connectivity index (χ0v) is 33.0. The molecule has 2 spiro atoms. The van der Waals surface area contributed by atoms with Crippen molar-refractivity contribution in [1.82, 2.24) is 0 Å². The van der Waals surface area contributed by atoms with Crippen molar-refractivity contribution in [2.24, 2.45) is 56.7 Å². The molecule has 1 aromatic rings. The van der Waals surface area contributed by atoms with Gasteiger partial charge in [0.05, 0.1) is 7.11 Å². The lowest BCUT2D eigenvalue weighted by molar-refractivity contribution is -0.186. The van der Waals surface area contributed by atoms with Gasteiger partial charge in [-0.3, -0.25) is 4.79 Å². The Labute approximate surface area is 303 Å². The second-order valence-electron chi connectivity index (χ2n) is 18.9. The number of allylic oxidation sites excluding steroid dienone is 1. The molecule has 5 heteroatoms. The summed E-state index contributed by atoms with van der Waals surface area (Å²) in [6, 6.07) is 5.39. The van der Waals surface area contributed by atoms with Gasteiger partial charge in [-0.15, -0.1) is 0 Å². The molecular formula is C45H66O5. The van der Waals surface area contributed by atoms with Gasteiger partial charge < -0.3 is 14.2 Å². The van der Waals surface area contributed by atoms with Gasteiger partial charge in [0.1, 0.15) is 6.10 Å². The van der Waals surface area contributed by atoms with E-state index in [0.29, 0.717) is 45.7 Å². The molecule has 276 valence electrons. The third-order valence-corrected chi connectivity index (χ3v) is 16.0. The van der Waals surface area contributed by atoms with Crippen LogP contribution in [0.4, 0.5) is 0 Å². The van der Waals surface area contributed by atoms with Crippen LogP contribution in [0.2, 0.25) is 0 Å². The van der Waals surface area contributed by atoms with Crippen LogP contribution in [0.5, 0.6) is 11.5 Å². The zero-order valence-electron chi connectivity index (χ0n) is 33.0. The molecule has 5 saturated carbocycles. The van der Waals surface area contributed by atoms with E-state index in [1.807, 2.05) is 25.1 Å². The van der Waals surface area contributed by atoms with Crippen LogP contribution in [0.3, 0.4) is 0 Å². The summed E-state index contributed by atoms with van der Waals surface area (Å²) < 4.78 is 17.6. The summed E-state index contributed by atoms with van der Waals surface area (Å²) in [5.41, 5.74) is 4.12. The molecule has 9 atom stereocenters. The maximum Gasteiger partial charge on any atom is 0.334 e. The van der Waals surface area contributed by atoms with Crippen molar-refractivity contribution in [3.63, 3.8) is 0 Å². The van der Waals surface area contributed by atoms with Crippen LogP contribution in [0.25, 0.3) is 6.08 Å². The highest BCUT2D eigenvalue weighted by molar-refractivity contribution is 5.93. The number of methoxy groups -OCH3 is 1. The molecule has 50 heavy (non-hydrogen) atoms. The van der Waals surface area contributed by atoms with E-state index in [9.17, 15) is 9.59 Å². The van der Waals surface area contributed by atoms with Crippen molar-refractivity contribution in [2.75, 3.05) is 7.11 Å². The van der Waals surface area contributed by atoms with Gasteiger partial charge in [-0.25, -0.2) is 4.79 Å². The highest BCUT2D eigenvalue weighted by Gasteiger charge is 2.84. The molecule has 0 bridgehead atoms. The lowest BCUT2D eigenvalue weighted by Crippen LogP contribution is -2.59. The summed E-state index contributed by atoms with van der Waals surface area (Å²) >= 11 is 0. The van der Waals surface area contributed by atoms with Crippen molar-refractivity contribution in [2.45, 2.75) is 145 Å². The van der Waals surface area contributed by atoms with Gasteiger partial charge >= 0.3 is 11.9 Å². The van der Waals surface area contributed by atoms with Crippen molar-refractivity contribution in [1.29, 1.82) is 0 Å². The Morgan fingerprint density at radius 3 is 2.34 bits per heavy atom. The van der Waals surface area contributed by atoms with E-state index in [-0.39, 0.29) is 40.7 Å². The van der Waals surface area contributed by atoms with Crippen LogP contribution in [0, 0.1) is 56.7 Å². The van der Waals surface area contributed by atoms with Crippen molar-refractivity contribution in [3.05, 3.63) is 41.5 Å². The van der Waals surface area contributed by atoms with Crippen molar-refractivity contribution >= 4 is 18.0 Å². The molecule has 5 aliphatic rings. The Morgan fingerprint density at radius 1 is 0.940 bits per heavy atom. The zero-order chi connectivity index (χ0) is 36.4. The maximum absolute atomic E-state index is 13.9. The van der Waals surface area contributed by atoms with Gasteiger partial charge in [0.15, 0.2) is 11.5 Å². The molecule has 0 heterocycles. The molecule has 5 nitrogen and oxygen atoms in total. The molecule has 1 unspecified atom stereocenters. The monoisotopic (exact) mass is 686 g/mol. The number of rotatable bonds is 11. The molecule has 6 rings (SSSR count). The van der Waals surface area contributed by atoms with E-state index in [0.717, 1.165) is 36.7 Å². The third kappa shape index (κ3) is 5.70. The highest BCUT2D eigenvalue weighted by Crippen LogP contribution is 2.89. The number of carbonyl (C=O) groups is 2. The van der Waals surface area contributed by atoms with Gasteiger partial charge in [0.25, 0.3) is 0 Å². The number of ether oxygens (including phenoxy) is 3. The number of hydrogen-bond donors (Lipinski definition) is 0. The quantitative estimate of drug-likeness (QED) is 0.100. The van der Waals surface area contributed by atoms with E-state index in [1.54, 1.807) is 20.1 Å². The molecular weight excluding hydrogens is 620 g/mol. The number of hydrogen-bond acceptors (Lipinski definition) is 5. The van der Waals surface area contributed by atoms with Crippen molar-refractivity contribution < 1.29 is 23.8 Å². The van der Waals surface area contributed by atoms with Crippen LogP contribution >= 0.6 is 0 Å². The first-order chi connectivity index (χ1) is 23.5. The number of benzene rings is 1. The first kappa shape index (κ1) is 37.2. The molecule has 0 N–H and O–H groups in total. The number of carbonyl (C=O) groups excluding carboxylic acids is 2. The van der Waals surface area contributed by atoms with Gasteiger partial charge in [-0.05, 0) is 153 Å². The molecule has 0 aromatic heterocycles. The Balaban J connectivity index is 1.23. The third-order valence-electron chi connectivity index (χ3n) is 16.0. The summed E-state index contributed by atoms with van der Waals surface area (Å²) in [6.07, 6.45) is 15.7. The fourth-order valence-electron chi connectivity index (χ4n) is 12.9. The molecule has 0 saturated heterocycles. The van der Waals surface area contributed by atoms with E-state index >= 15 is 0 Å². The van der Waals surface area contributed by atoms with E-state index < -0.39 is 0 Å². The van der Waals surface area contributed by atoms with E-state index in [2.05, 4.69) is 55.0 Å². The molecule has 5 aliphatic carbocycles. The molecule has 0 radical (unpaired) electrons. The Kier molecular flexibility index (Phi) is 9.77. The number of esters is 2. The summed E-state index contributed by atoms with van der Waals surface area (Å²) in [6.45, 7) is 25.5. The van der Waals surface area contributed by atoms with E-state index in [1.165, 1.54) is 56.9 Å². The fourth-order valence-corrected chi connectivity index (χ4v) is 12.9. The minimum atomic E-state index is -0.315. The van der Waals surface area contributed by atoms with Crippen LogP contribution in [0.1, 0.15) is 145 Å². The Hall–Kier alpha value is -2.56. The lowest BCUT2D eigenvalue weighted by atomic mass is 9.41. The predicted molar refractivity (Wildman–Crippen MR) is 202 cm³/mol. The van der Waals surface area contributed by atoms with Gasteiger partial charge in [-0.2, -0.15) is 0 Å². The van der Waals surface area contributed by atoms with Crippen LogP contribution in [-0.2, 0) is 14.3 Å². The summed E-state index contributed by atoms with van der Waals surface area (Å²) in [7, 11) is 1.56. The average molecular weight is 687 g/mol. The normalized spacial score (nSPS) is 37.5. The topological polar surface area (TPSA) is 61.8 Å². The maximum atomic E-state index is 13.9. The van der Waals surface area contributed by atoms with Crippen LogP contribution < -0.4 is 9.47 Å². The summed E-state index contributed by atoms with van der Waals surface area (Å²) in [4.78, 5) is 25.8. The Bertz CT molecular complexity index is 1540. The highest BCUT2D eigenvalue weighted by atomic mass is 16.6. The van der Waals surface area contributed by atoms with E-state index in [4.69, 9.17) is 14.2 Å². The first-order valence-corrected chi connectivity index (χ1v) is 20.0. The van der Waals surface area contributed by atoms with Gasteiger partial charge in [0, 0.05) is 17.4 Å². The van der Waals surface area contributed by atoms with Crippen LogP contribution in [-0.4, -0.2) is 25.2 Å². The molecule has 0 amide bonds. The second-order valence-corrected chi connectivity index (χ2v) is 18.9. The standard InChI is InChI=1S/C45H66O5/c1-12-39(46)49-34-16-15-32(26-35(34)48-11)25-31(6)40(47)50-38-20-21-41(7,8)36-17-18-37-43(10)22-19-33(30(5)14-13-29(4)28(2)3)42(43,9)23-24-44(37)27-45(36,38)44/h15-16,25-26,28,30,33,36-38H,4,12-14,17-24,27H2,1-3,5-11H3/b31-25+/t30-,33-,36+,37+,38?,42-,43+,44+,45-/m1/s1. The van der Waals surface area contributed by atoms with Crippen molar-refractivity contribution in [3.8, 4) is 11.5 Å². The van der Waals surface area contributed by atoms with Crippen LogP contribution in [0.15, 0.2) is 35.9 Å². The molecule has 0 aliphatic heterocycles. The summed E-state index contributed by atoms with van der Waals surface area (Å²) in [5, 5.41) is 0. The predicted octanol–water partition coefficient (Wildman–Crippen LogP) is 11.4. The summed E-state index contributed by atoms with van der Waals surface area (Å²) in [5.74, 6) is 3.68. The minimum Gasteiger partial charge on any atom is -0.493 e. The molecule has 5 fully saturated rings. The smallest absolute Gasteiger partial charge is 0.334 e. The SMILES string of the molecule is C=C(CC[C@@H](C)[C@H]1CC[C@@]2(C)[C@@H]3CC[C@H]4C(C)(C)CCC(OC(=O)/C(C)=C/c5ccc(OC(=O)CC)c(OC)c5)[C@@]45C[C@@]35CC[C@]12C)C(C)C. The number of fused-ring (bicyclic) bond motifs is 2. The minimum absolute atomic E-state index is 0.0318. The first-order valence-electron chi connectivity index (χ1n) is 20.0. The second kappa shape index (κ2) is 13.1. The molecule has 1 aromatic carbocycles. The van der Waals surface area contributed by atoms with Gasteiger partial charge in [0.2, 0.25) is 0 Å². The largest absolute Gasteiger partial charge is 0.493 e.